The summed E-state index contributed by atoms with van der Waals surface area (Å²) in [5, 5.41) is 0. The van der Waals surface area contributed by atoms with E-state index in [2.05, 4.69) is 22.0 Å². The van der Waals surface area contributed by atoms with Crippen LogP contribution in [0, 0.1) is 5.92 Å². The molecule has 1 aromatic heterocycles. The van der Waals surface area contributed by atoms with Crippen LogP contribution in [0.15, 0.2) is 83.3 Å². The number of hydrogen-bond donors (Lipinski definition) is 0. The highest BCUT2D eigenvalue weighted by molar-refractivity contribution is 6.01. The van der Waals surface area contributed by atoms with Crippen LogP contribution >= 0.6 is 0 Å². The van der Waals surface area contributed by atoms with Gasteiger partial charge in [-0.15, -0.1) is 0 Å². The van der Waals surface area contributed by atoms with E-state index in [-0.39, 0.29) is 11.9 Å². The monoisotopic (exact) mass is 409 g/mol. The topological polar surface area (TPSA) is 49.6 Å². The second-order valence-corrected chi connectivity index (χ2v) is 8.40. The van der Waals surface area contributed by atoms with Crippen molar-refractivity contribution in [2.24, 2.45) is 5.92 Å². The molecule has 3 heterocycles. The second kappa shape index (κ2) is 7.27. The molecule has 31 heavy (non-hydrogen) atoms. The number of rotatable bonds is 3. The van der Waals surface area contributed by atoms with E-state index in [9.17, 15) is 4.79 Å². The van der Waals surface area contributed by atoms with Crippen molar-refractivity contribution in [1.82, 2.24) is 9.88 Å². The number of fused-ring (bicyclic) bond motifs is 2. The minimum absolute atomic E-state index is 0.0994. The summed E-state index contributed by atoms with van der Waals surface area (Å²) in [6.45, 7) is 2.44. The van der Waals surface area contributed by atoms with Crippen molar-refractivity contribution in [2.45, 2.75) is 12.5 Å². The van der Waals surface area contributed by atoms with Crippen molar-refractivity contribution < 1.29 is 9.21 Å². The lowest BCUT2D eigenvalue weighted by Gasteiger charge is -2.52. The number of anilines is 1. The lowest BCUT2D eigenvalue weighted by Crippen LogP contribution is -2.65. The molecule has 154 valence electrons. The molecule has 5 nitrogen and oxygen atoms in total. The molecule has 2 atom stereocenters. The predicted molar refractivity (Wildman–Crippen MR) is 121 cm³/mol. The van der Waals surface area contributed by atoms with Crippen LogP contribution in [-0.4, -0.2) is 41.5 Å². The average molecular weight is 409 g/mol. The minimum atomic E-state index is 0.0994. The standard InChI is InChI=1S/C26H23N3O2/c30-25(21-11-5-4-10-20(21)18-8-2-1-3-9-18)28-15-14-19-16-29(23(19)17-28)26-27-22-12-6-7-13-24(22)31-26/h1-13,19,23H,14-17H2. The van der Waals surface area contributed by atoms with Crippen molar-refractivity contribution in [3.8, 4) is 11.1 Å². The summed E-state index contributed by atoms with van der Waals surface area (Å²) in [5.74, 6) is 0.686. The van der Waals surface area contributed by atoms with E-state index in [1.165, 1.54) is 0 Å². The van der Waals surface area contributed by atoms with Crippen LogP contribution in [0.1, 0.15) is 16.8 Å². The average Bonchev–Trinajstić information content (AvgIpc) is 3.23. The molecule has 0 radical (unpaired) electrons. The van der Waals surface area contributed by atoms with Crippen LogP contribution in [-0.2, 0) is 0 Å². The number of aromatic nitrogens is 1. The van der Waals surface area contributed by atoms with Crippen LogP contribution in [0.2, 0.25) is 0 Å². The fourth-order valence-corrected chi connectivity index (χ4v) is 4.89. The maximum Gasteiger partial charge on any atom is 0.298 e. The molecule has 0 N–H and O–H groups in total. The Balaban J connectivity index is 1.25. The SMILES string of the molecule is O=C(c1ccccc1-c1ccccc1)N1CCC2CN(c3nc4ccccc4o3)C2C1. The van der Waals surface area contributed by atoms with Crippen molar-refractivity contribution in [1.29, 1.82) is 0 Å². The Morgan fingerprint density at radius 1 is 0.903 bits per heavy atom. The highest BCUT2D eigenvalue weighted by Gasteiger charge is 2.45. The molecule has 2 aliphatic rings. The molecule has 2 saturated heterocycles. The largest absolute Gasteiger partial charge is 0.423 e. The number of benzene rings is 3. The zero-order valence-corrected chi connectivity index (χ0v) is 17.1. The number of carbonyl (C=O) groups excluding carboxylic acids is 1. The van der Waals surface area contributed by atoms with E-state index in [0.29, 0.717) is 18.5 Å². The van der Waals surface area contributed by atoms with Crippen molar-refractivity contribution in [3.05, 3.63) is 84.4 Å². The molecule has 0 aliphatic carbocycles. The van der Waals surface area contributed by atoms with E-state index in [0.717, 1.165) is 47.3 Å². The van der Waals surface area contributed by atoms with E-state index < -0.39 is 0 Å². The zero-order valence-electron chi connectivity index (χ0n) is 17.1. The van der Waals surface area contributed by atoms with Crippen LogP contribution in [0.5, 0.6) is 0 Å². The molecular formula is C26H23N3O2. The third-order valence-corrected chi connectivity index (χ3v) is 6.61. The first kappa shape index (κ1) is 18.2. The molecule has 3 aromatic carbocycles. The summed E-state index contributed by atoms with van der Waals surface area (Å²) in [6, 6.07) is 26.8. The van der Waals surface area contributed by atoms with Gasteiger partial charge < -0.3 is 14.2 Å². The van der Waals surface area contributed by atoms with Gasteiger partial charge >= 0.3 is 0 Å². The quantitative estimate of drug-likeness (QED) is 0.486. The molecule has 0 bridgehead atoms. The van der Waals surface area contributed by atoms with Crippen LogP contribution in [0.3, 0.4) is 0 Å². The zero-order chi connectivity index (χ0) is 20.8. The summed E-state index contributed by atoms with van der Waals surface area (Å²) in [5.41, 5.74) is 4.50. The van der Waals surface area contributed by atoms with Crippen molar-refractivity contribution >= 4 is 23.0 Å². The first-order valence-electron chi connectivity index (χ1n) is 10.8. The molecule has 2 aliphatic heterocycles. The van der Waals surface area contributed by atoms with Gasteiger partial charge in [-0.2, -0.15) is 4.98 Å². The van der Waals surface area contributed by atoms with Gasteiger partial charge in [0.05, 0.1) is 6.04 Å². The predicted octanol–water partition coefficient (Wildman–Crippen LogP) is 4.85. The normalized spacial score (nSPS) is 20.4. The van der Waals surface area contributed by atoms with Gasteiger partial charge in [-0.1, -0.05) is 60.7 Å². The third kappa shape index (κ3) is 3.08. The van der Waals surface area contributed by atoms with E-state index in [1.807, 2.05) is 71.6 Å². The minimum Gasteiger partial charge on any atom is -0.423 e. The number of amides is 1. The molecule has 5 heteroatoms. The number of hydrogen-bond acceptors (Lipinski definition) is 4. The van der Waals surface area contributed by atoms with E-state index in [4.69, 9.17) is 4.42 Å². The van der Waals surface area contributed by atoms with E-state index in [1.54, 1.807) is 0 Å². The Bertz CT molecular complexity index is 1220. The Morgan fingerprint density at radius 2 is 1.68 bits per heavy atom. The number of piperidine rings is 1. The van der Waals surface area contributed by atoms with Crippen LogP contribution < -0.4 is 4.90 Å². The highest BCUT2D eigenvalue weighted by Crippen LogP contribution is 2.38. The first-order valence-corrected chi connectivity index (χ1v) is 10.8. The molecule has 2 unspecified atom stereocenters. The van der Waals surface area contributed by atoms with Crippen molar-refractivity contribution in [2.75, 3.05) is 24.5 Å². The van der Waals surface area contributed by atoms with Gasteiger partial charge in [0.1, 0.15) is 5.52 Å². The summed E-state index contributed by atoms with van der Waals surface area (Å²) in [6.07, 6.45) is 1.01. The lowest BCUT2D eigenvalue weighted by molar-refractivity contribution is 0.0584. The molecule has 4 aromatic rings. The summed E-state index contributed by atoms with van der Waals surface area (Å²) in [7, 11) is 0. The van der Waals surface area contributed by atoms with Gasteiger partial charge in [-0.25, -0.2) is 0 Å². The summed E-state index contributed by atoms with van der Waals surface area (Å²) < 4.78 is 5.99. The molecule has 0 spiro atoms. The Hall–Kier alpha value is -3.60. The summed E-state index contributed by atoms with van der Waals surface area (Å²) in [4.78, 5) is 22.4. The van der Waals surface area contributed by atoms with Crippen LogP contribution in [0.25, 0.3) is 22.2 Å². The van der Waals surface area contributed by atoms with Gasteiger partial charge in [-0.05, 0) is 35.7 Å². The Kier molecular flexibility index (Phi) is 4.27. The van der Waals surface area contributed by atoms with Gasteiger partial charge in [-0.3, -0.25) is 4.79 Å². The lowest BCUT2D eigenvalue weighted by atomic mass is 9.82. The second-order valence-electron chi connectivity index (χ2n) is 8.40. The van der Waals surface area contributed by atoms with E-state index >= 15 is 0 Å². The molecule has 2 fully saturated rings. The third-order valence-electron chi connectivity index (χ3n) is 6.61. The first-order chi connectivity index (χ1) is 15.3. The number of para-hydroxylation sites is 2. The maximum atomic E-state index is 13.5. The number of likely N-dealkylation sites (tertiary alicyclic amines) is 1. The number of carbonyl (C=O) groups is 1. The van der Waals surface area contributed by atoms with Gasteiger partial charge in [0, 0.05) is 31.1 Å². The fourth-order valence-electron chi connectivity index (χ4n) is 4.89. The summed E-state index contributed by atoms with van der Waals surface area (Å²) >= 11 is 0. The van der Waals surface area contributed by atoms with Crippen molar-refractivity contribution in [3.63, 3.8) is 0 Å². The Morgan fingerprint density at radius 3 is 2.55 bits per heavy atom. The highest BCUT2D eigenvalue weighted by atomic mass is 16.4. The molecule has 6 rings (SSSR count). The van der Waals surface area contributed by atoms with Gasteiger partial charge in [0.15, 0.2) is 5.58 Å². The Labute approximate surface area is 180 Å². The smallest absolute Gasteiger partial charge is 0.298 e. The van der Waals surface area contributed by atoms with Crippen LogP contribution in [0.4, 0.5) is 6.01 Å². The molecule has 1 amide bonds. The molecule has 0 saturated carbocycles. The molecular weight excluding hydrogens is 386 g/mol. The fraction of sp³-hybridized carbons (Fsp3) is 0.231. The number of oxazole rings is 1. The maximum absolute atomic E-state index is 13.5. The van der Waals surface area contributed by atoms with Gasteiger partial charge in [0.2, 0.25) is 0 Å². The van der Waals surface area contributed by atoms with Gasteiger partial charge in [0.25, 0.3) is 11.9 Å². The number of nitrogens with zero attached hydrogens (tertiary/aromatic N) is 3.